The Morgan fingerprint density at radius 1 is 1.04 bits per heavy atom. The minimum atomic E-state index is -4.06. The van der Waals surface area contributed by atoms with Gasteiger partial charge in [-0.3, -0.25) is 0 Å². The van der Waals surface area contributed by atoms with E-state index < -0.39 is 21.1 Å². The summed E-state index contributed by atoms with van der Waals surface area (Å²) < 4.78 is 52.5. The molecule has 0 fully saturated rings. The summed E-state index contributed by atoms with van der Waals surface area (Å²) in [6.45, 7) is 0. The Morgan fingerprint density at radius 3 is 2.04 bits per heavy atom. The van der Waals surface area contributed by atoms with Crippen LogP contribution in [-0.4, -0.2) is 14.1 Å². The van der Waals surface area contributed by atoms with E-state index in [1.807, 2.05) is 0 Å². The van der Waals surface area contributed by atoms with Gasteiger partial charge in [0.2, 0.25) is 0 Å². The number of hydrogen-bond donors (Lipinski definition) is 0. The molecule has 0 amide bonds. The summed E-state index contributed by atoms with van der Waals surface area (Å²) in [4.78, 5) is -0.0834. The monoisotopic (exact) mass is 394 g/mol. The molecule has 0 aliphatic heterocycles. The van der Waals surface area contributed by atoms with Crippen LogP contribution in [0.4, 0.5) is 8.78 Å². The molecule has 0 aliphatic rings. The molecule has 23 heavy (non-hydrogen) atoms. The first kappa shape index (κ1) is 18.3. The molecule has 0 aromatic heterocycles. The maximum Gasteiger partial charge on any atom is 0.285 e. The van der Waals surface area contributed by atoms with Gasteiger partial charge in [0, 0.05) is 21.0 Å². The number of benzene rings is 2. The van der Waals surface area contributed by atoms with Crippen LogP contribution in [0.3, 0.4) is 0 Å². The second kappa shape index (κ2) is 6.86. The van der Waals surface area contributed by atoms with E-state index in [1.165, 1.54) is 51.7 Å². The topological polar surface area (TPSA) is 34.1 Å². The summed E-state index contributed by atoms with van der Waals surface area (Å²) >= 11 is 11.6. The summed E-state index contributed by atoms with van der Waals surface area (Å²) in [5, 5.41) is 0.798. The predicted octanol–water partition coefficient (Wildman–Crippen LogP) is 5.28. The Morgan fingerprint density at radius 2 is 1.57 bits per heavy atom. The van der Waals surface area contributed by atoms with Crippen molar-refractivity contribution < 1.29 is 17.2 Å². The van der Waals surface area contributed by atoms with Crippen molar-refractivity contribution in [2.24, 2.45) is 0 Å². The first-order chi connectivity index (χ1) is 10.6. The molecule has 0 heterocycles. The quantitative estimate of drug-likeness (QED) is 0.661. The van der Waals surface area contributed by atoms with Crippen LogP contribution in [0.1, 0.15) is 5.56 Å². The predicted molar refractivity (Wildman–Crippen MR) is 92.7 cm³/mol. The minimum Gasteiger partial charge on any atom is -0.219 e. The van der Waals surface area contributed by atoms with Gasteiger partial charge in [0.25, 0.3) is 5.66 Å². The van der Waals surface area contributed by atoms with Gasteiger partial charge in [-0.25, -0.2) is 8.42 Å². The zero-order valence-electron chi connectivity index (χ0n) is 11.5. The SMILES string of the molecule is O=S(=O)(/C=C(\c1cc(Cl)cc(Cl)c1)C(F)(F)P)c1ccccc1. The third-order valence-electron chi connectivity index (χ3n) is 2.88. The molecule has 1 unspecified atom stereocenters. The average Bonchev–Trinajstić information content (AvgIpc) is 2.43. The zero-order chi connectivity index (χ0) is 17.3. The van der Waals surface area contributed by atoms with E-state index in [4.69, 9.17) is 23.2 Å². The largest absolute Gasteiger partial charge is 0.285 e. The second-order valence-electron chi connectivity index (χ2n) is 4.67. The Hall–Kier alpha value is -1.00. The lowest BCUT2D eigenvalue weighted by molar-refractivity contribution is 0.173. The number of halogens is 4. The summed E-state index contributed by atoms with van der Waals surface area (Å²) in [5.74, 6) is 0. The second-order valence-corrected chi connectivity index (χ2v) is 8.07. The fraction of sp³-hybridized carbons (Fsp3) is 0.0667. The molecule has 0 bridgehead atoms. The number of alkyl halides is 2. The highest BCUT2D eigenvalue weighted by molar-refractivity contribution is 7.94. The molecule has 122 valence electrons. The van der Waals surface area contributed by atoms with Gasteiger partial charge in [-0.2, -0.15) is 8.78 Å². The molecule has 0 saturated carbocycles. The van der Waals surface area contributed by atoms with Gasteiger partial charge in [0.05, 0.1) is 4.90 Å². The van der Waals surface area contributed by atoms with Crippen molar-refractivity contribution in [1.82, 2.24) is 0 Å². The average molecular weight is 395 g/mol. The molecular formula is C15H11Cl2F2O2PS. The zero-order valence-corrected chi connectivity index (χ0v) is 15.0. The lowest BCUT2D eigenvalue weighted by Gasteiger charge is -2.16. The van der Waals surface area contributed by atoms with Gasteiger partial charge in [0.1, 0.15) is 0 Å². The van der Waals surface area contributed by atoms with Crippen LogP contribution in [0, 0.1) is 0 Å². The van der Waals surface area contributed by atoms with Crippen LogP contribution in [0.2, 0.25) is 10.0 Å². The van der Waals surface area contributed by atoms with Crippen LogP contribution >= 0.6 is 32.4 Å². The molecule has 0 aliphatic carbocycles. The van der Waals surface area contributed by atoms with E-state index in [-0.39, 0.29) is 20.5 Å². The molecular weight excluding hydrogens is 384 g/mol. The summed E-state index contributed by atoms with van der Waals surface area (Å²) in [5.41, 5.74) is -4.26. The van der Waals surface area contributed by atoms with Crippen LogP contribution in [0.25, 0.3) is 5.57 Å². The summed E-state index contributed by atoms with van der Waals surface area (Å²) in [6.07, 6.45) is 0. The normalized spacial score (nSPS) is 13.2. The van der Waals surface area contributed by atoms with Gasteiger partial charge in [0.15, 0.2) is 9.84 Å². The molecule has 8 heteroatoms. The molecule has 0 saturated heterocycles. The van der Waals surface area contributed by atoms with Crippen molar-refractivity contribution in [3.8, 4) is 0 Å². The van der Waals surface area contributed by atoms with Gasteiger partial charge in [-0.15, -0.1) is 0 Å². The highest BCUT2D eigenvalue weighted by Crippen LogP contribution is 2.40. The maximum atomic E-state index is 13.9. The van der Waals surface area contributed by atoms with Crippen molar-refractivity contribution >= 4 is 47.9 Å². The molecule has 2 rings (SSSR count). The lowest BCUT2D eigenvalue weighted by atomic mass is 10.1. The van der Waals surface area contributed by atoms with Crippen molar-refractivity contribution in [3.05, 3.63) is 69.5 Å². The van der Waals surface area contributed by atoms with E-state index >= 15 is 0 Å². The van der Waals surface area contributed by atoms with Crippen LogP contribution in [0.5, 0.6) is 0 Å². The van der Waals surface area contributed by atoms with Crippen LogP contribution in [-0.2, 0) is 9.84 Å². The smallest absolute Gasteiger partial charge is 0.219 e. The Labute approximate surface area is 145 Å². The lowest BCUT2D eigenvalue weighted by Crippen LogP contribution is -2.11. The van der Waals surface area contributed by atoms with Crippen molar-refractivity contribution in [3.63, 3.8) is 0 Å². The fourth-order valence-electron chi connectivity index (χ4n) is 1.88. The molecule has 2 nitrogen and oxygen atoms in total. The van der Waals surface area contributed by atoms with Crippen molar-refractivity contribution in [2.45, 2.75) is 10.6 Å². The van der Waals surface area contributed by atoms with Crippen LogP contribution in [0.15, 0.2) is 58.8 Å². The first-order valence-corrected chi connectivity index (χ1v) is 9.13. The fourth-order valence-corrected chi connectivity index (χ4v) is 4.05. The highest BCUT2D eigenvalue weighted by Gasteiger charge is 2.31. The van der Waals surface area contributed by atoms with E-state index in [2.05, 4.69) is 0 Å². The van der Waals surface area contributed by atoms with Crippen molar-refractivity contribution in [1.29, 1.82) is 0 Å². The first-order valence-electron chi connectivity index (χ1n) is 6.25. The molecule has 2 aromatic rings. The Balaban J connectivity index is 2.65. The molecule has 1 atom stereocenters. The maximum absolute atomic E-state index is 13.9. The standard InChI is InChI=1S/C15H11Cl2F2O2PS/c16-11-6-10(7-12(17)8-11)14(15(18,19)22)9-23(20,21)13-4-2-1-3-5-13/h1-9H,22H2/b14-9+. The van der Waals surface area contributed by atoms with E-state index in [0.29, 0.717) is 5.41 Å². The molecule has 2 aromatic carbocycles. The third-order valence-corrected chi connectivity index (χ3v) is 5.10. The Bertz CT molecular complexity index is 827. The van der Waals surface area contributed by atoms with Gasteiger partial charge < -0.3 is 0 Å². The van der Waals surface area contributed by atoms with Crippen LogP contribution < -0.4 is 0 Å². The molecule has 0 N–H and O–H groups in total. The van der Waals surface area contributed by atoms with E-state index in [1.54, 1.807) is 6.07 Å². The molecule has 0 radical (unpaired) electrons. The van der Waals surface area contributed by atoms with Crippen molar-refractivity contribution in [2.75, 3.05) is 0 Å². The van der Waals surface area contributed by atoms with E-state index in [9.17, 15) is 17.2 Å². The van der Waals surface area contributed by atoms with Gasteiger partial charge in [-0.1, -0.05) is 50.6 Å². The summed E-state index contributed by atoms with van der Waals surface area (Å²) in [6, 6.07) is 11.1. The third kappa shape index (κ3) is 4.74. The molecule has 0 spiro atoms. The summed E-state index contributed by atoms with van der Waals surface area (Å²) in [7, 11) is -2.73. The van der Waals surface area contributed by atoms with E-state index in [0.717, 1.165) is 0 Å². The number of hydrogen-bond acceptors (Lipinski definition) is 2. The Kier molecular flexibility index (Phi) is 5.47. The minimum absolute atomic E-state index is 0.0676. The van der Waals surface area contributed by atoms with Gasteiger partial charge >= 0.3 is 0 Å². The number of rotatable bonds is 4. The van der Waals surface area contributed by atoms with Gasteiger partial charge in [-0.05, 0) is 35.9 Å². The highest BCUT2D eigenvalue weighted by atomic mass is 35.5. The number of sulfone groups is 1. The number of allylic oxidation sites excluding steroid dienone is 1.